The number of allylic oxidation sites excluding steroid dienone is 10. The van der Waals surface area contributed by atoms with Crippen molar-refractivity contribution in [2.45, 2.75) is 340 Å². The Labute approximate surface area is 494 Å². The van der Waals surface area contributed by atoms with Gasteiger partial charge in [0.05, 0.1) is 6.61 Å². The Morgan fingerprint density at radius 1 is 0.420 bits per heavy atom. The molecular formula is C69H120O12. The van der Waals surface area contributed by atoms with Crippen molar-refractivity contribution < 1.29 is 58.2 Å². The lowest BCUT2D eigenvalue weighted by molar-refractivity contribution is -0.301. The van der Waals surface area contributed by atoms with Gasteiger partial charge in [0.15, 0.2) is 24.6 Å². The van der Waals surface area contributed by atoms with E-state index in [1.807, 2.05) is 0 Å². The molecule has 0 aromatic carbocycles. The molecule has 0 radical (unpaired) electrons. The van der Waals surface area contributed by atoms with Crippen LogP contribution in [0.3, 0.4) is 0 Å². The summed E-state index contributed by atoms with van der Waals surface area (Å²) in [4.78, 5) is 51.4. The summed E-state index contributed by atoms with van der Waals surface area (Å²) in [6.07, 6.45) is 58.9. The monoisotopic (exact) mass is 1140 g/mol. The van der Waals surface area contributed by atoms with Gasteiger partial charge in [0.1, 0.15) is 18.8 Å². The third-order valence-corrected chi connectivity index (χ3v) is 15.1. The highest BCUT2D eigenvalue weighted by atomic mass is 16.7. The molecular weight excluding hydrogens is 1020 g/mol. The first kappa shape index (κ1) is 75.4. The molecule has 1 fully saturated rings. The van der Waals surface area contributed by atoms with Gasteiger partial charge in [0.25, 0.3) is 0 Å². The molecule has 0 aromatic rings. The van der Waals surface area contributed by atoms with Gasteiger partial charge in [-0.15, -0.1) is 0 Å². The molecule has 1 rings (SSSR count). The van der Waals surface area contributed by atoms with Crippen LogP contribution in [0.25, 0.3) is 0 Å². The number of aliphatic hydroxyl groups excluding tert-OH is 2. The number of aliphatic carboxylic acids is 1. The number of rotatable bonds is 57. The molecule has 6 unspecified atom stereocenters. The highest BCUT2D eigenvalue weighted by Gasteiger charge is 2.50. The Hall–Kier alpha value is -3.58. The van der Waals surface area contributed by atoms with E-state index < -0.39 is 67.3 Å². The van der Waals surface area contributed by atoms with Gasteiger partial charge in [-0.3, -0.25) is 14.4 Å². The van der Waals surface area contributed by atoms with E-state index in [4.69, 9.17) is 23.7 Å². The molecule has 12 heteroatoms. The third kappa shape index (κ3) is 46.5. The maximum absolute atomic E-state index is 13.2. The second-order valence-corrected chi connectivity index (χ2v) is 22.7. The Morgan fingerprint density at radius 3 is 1.21 bits per heavy atom. The van der Waals surface area contributed by atoms with Gasteiger partial charge in [0, 0.05) is 19.3 Å². The molecule has 0 saturated carbocycles. The second-order valence-electron chi connectivity index (χ2n) is 22.7. The van der Waals surface area contributed by atoms with E-state index in [1.54, 1.807) is 0 Å². The van der Waals surface area contributed by atoms with Crippen molar-refractivity contribution in [3.8, 4) is 0 Å². The van der Waals surface area contributed by atoms with Crippen LogP contribution in [0.5, 0.6) is 0 Å². The molecule has 0 aliphatic carbocycles. The number of carboxylic acids is 1. The summed E-state index contributed by atoms with van der Waals surface area (Å²) in [6, 6.07) is 0. The Bertz CT molecular complexity index is 1640. The third-order valence-electron chi connectivity index (χ3n) is 15.1. The number of esters is 3. The first-order chi connectivity index (χ1) is 39.6. The van der Waals surface area contributed by atoms with E-state index in [-0.39, 0.29) is 25.9 Å². The molecule has 12 nitrogen and oxygen atoms in total. The van der Waals surface area contributed by atoms with E-state index in [0.717, 1.165) is 103 Å². The van der Waals surface area contributed by atoms with Crippen molar-refractivity contribution in [3.63, 3.8) is 0 Å². The number of carbonyl (C=O) groups excluding carboxylic acids is 3. The van der Waals surface area contributed by atoms with Crippen LogP contribution in [0.1, 0.15) is 303 Å². The van der Waals surface area contributed by atoms with Crippen molar-refractivity contribution in [2.24, 2.45) is 0 Å². The quantitative estimate of drug-likeness (QED) is 0.0228. The predicted octanol–water partition coefficient (Wildman–Crippen LogP) is 17.9. The molecule has 0 spiro atoms. The van der Waals surface area contributed by atoms with Gasteiger partial charge in [-0.25, -0.2) is 4.79 Å². The summed E-state index contributed by atoms with van der Waals surface area (Å²) in [5.74, 6) is -3.12. The van der Waals surface area contributed by atoms with Crippen LogP contribution in [0.2, 0.25) is 0 Å². The number of hydrogen-bond donors (Lipinski definition) is 3. The molecule has 1 heterocycles. The minimum atomic E-state index is -1.91. The molecule has 0 bridgehead atoms. The van der Waals surface area contributed by atoms with Crippen molar-refractivity contribution in [1.29, 1.82) is 0 Å². The molecule has 3 N–H and O–H groups in total. The highest BCUT2D eigenvalue weighted by Crippen LogP contribution is 2.27. The number of hydrogen-bond acceptors (Lipinski definition) is 11. The van der Waals surface area contributed by atoms with Crippen LogP contribution >= 0.6 is 0 Å². The number of aliphatic hydroxyl groups is 2. The smallest absolute Gasteiger partial charge is 0.335 e. The maximum atomic E-state index is 13.2. The van der Waals surface area contributed by atoms with E-state index in [0.29, 0.717) is 19.3 Å². The summed E-state index contributed by atoms with van der Waals surface area (Å²) in [5, 5.41) is 31.6. The van der Waals surface area contributed by atoms with Crippen LogP contribution in [-0.2, 0) is 42.9 Å². The molecule has 0 amide bonds. The van der Waals surface area contributed by atoms with Gasteiger partial charge in [-0.1, -0.05) is 261 Å². The molecule has 468 valence electrons. The largest absolute Gasteiger partial charge is 0.479 e. The summed E-state index contributed by atoms with van der Waals surface area (Å²) < 4.78 is 28.6. The van der Waals surface area contributed by atoms with E-state index in [1.165, 1.54) is 141 Å². The molecule has 1 aliphatic heterocycles. The first-order valence-electron chi connectivity index (χ1n) is 33.3. The van der Waals surface area contributed by atoms with Crippen molar-refractivity contribution >= 4 is 23.9 Å². The van der Waals surface area contributed by atoms with E-state index in [2.05, 4.69) is 81.5 Å². The topological polar surface area (TPSA) is 175 Å². The van der Waals surface area contributed by atoms with Gasteiger partial charge in [-0.05, 0) is 83.5 Å². The lowest BCUT2D eigenvalue weighted by Crippen LogP contribution is -2.61. The fourth-order valence-electron chi connectivity index (χ4n) is 10.0. The van der Waals surface area contributed by atoms with Gasteiger partial charge in [0.2, 0.25) is 0 Å². The molecule has 1 saturated heterocycles. The summed E-state index contributed by atoms with van der Waals surface area (Å²) in [5.41, 5.74) is 0. The standard InChI is InChI=1S/C69H120O12/c1-4-7-10-13-16-19-22-25-28-30-31-33-35-37-40-43-46-49-52-55-61(70)77-58-60(79-62(71)56-53-50-47-44-41-39-36-32-29-26-23-20-17-14-11-8-5-2)59-78-69-67(65(74)64(73)66(81-69)68(75)76)80-63(72)57-54-51-48-45-42-38-34-27-24-21-18-15-12-9-6-3/h9,12,16,18-19,21,25,27-28,34,60,64-67,69,73-74H,4-8,10-11,13-15,17,20,22-24,26,29-33,35-59H2,1-3H3,(H,75,76)/b12-9-,19-16-,21-18-,28-25-,34-27-. The van der Waals surface area contributed by atoms with Crippen LogP contribution in [-0.4, -0.2) is 89.2 Å². The van der Waals surface area contributed by atoms with Gasteiger partial charge >= 0.3 is 23.9 Å². The van der Waals surface area contributed by atoms with E-state index >= 15 is 0 Å². The van der Waals surface area contributed by atoms with E-state index in [9.17, 15) is 34.5 Å². The number of ether oxygens (including phenoxy) is 5. The van der Waals surface area contributed by atoms with Gasteiger partial charge < -0.3 is 39.0 Å². The first-order valence-corrected chi connectivity index (χ1v) is 33.3. The zero-order valence-electron chi connectivity index (χ0n) is 51.8. The van der Waals surface area contributed by atoms with Crippen molar-refractivity contribution in [1.82, 2.24) is 0 Å². The average Bonchev–Trinajstić information content (AvgIpc) is 3.53. The predicted molar refractivity (Wildman–Crippen MR) is 331 cm³/mol. The lowest BCUT2D eigenvalue weighted by atomic mass is 9.98. The number of carboxylic acid groups (broad SMARTS) is 1. The Kier molecular flexibility index (Phi) is 53.0. The van der Waals surface area contributed by atoms with Crippen LogP contribution in [0.15, 0.2) is 60.8 Å². The summed E-state index contributed by atoms with van der Waals surface area (Å²) in [6.45, 7) is 5.89. The highest BCUT2D eigenvalue weighted by molar-refractivity contribution is 5.74. The molecule has 6 atom stereocenters. The fourth-order valence-corrected chi connectivity index (χ4v) is 10.0. The lowest BCUT2D eigenvalue weighted by Gasteiger charge is -2.40. The average molecular weight is 1140 g/mol. The normalized spacial score (nSPS) is 18.1. The minimum absolute atomic E-state index is 0.0416. The zero-order chi connectivity index (χ0) is 58.9. The van der Waals surface area contributed by atoms with Crippen molar-refractivity contribution in [2.75, 3.05) is 13.2 Å². The summed E-state index contributed by atoms with van der Waals surface area (Å²) in [7, 11) is 0. The number of unbranched alkanes of at least 4 members (excludes halogenated alkanes) is 33. The second kappa shape index (κ2) is 56.9. The molecule has 0 aromatic heterocycles. The Balaban J connectivity index is 2.65. The molecule has 81 heavy (non-hydrogen) atoms. The van der Waals surface area contributed by atoms with Crippen LogP contribution in [0, 0.1) is 0 Å². The summed E-state index contributed by atoms with van der Waals surface area (Å²) >= 11 is 0. The van der Waals surface area contributed by atoms with Crippen molar-refractivity contribution in [3.05, 3.63) is 60.8 Å². The SMILES string of the molecule is CC/C=C\C/C=C\C/C=C\CCCCCCCC(=O)OC1C(OCC(COC(=O)CCCCCCCCCCC/C=C\C/C=C\CCCCC)OC(=O)CCCCCCCCCCCCCCCCCCC)OC(C(=O)O)C(O)C1O. The van der Waals surface area contributed by atoms with Crippen LogP contribution in [0.4, 0.5) is 0 Å². The number of carbonyl (C=O) groups is 4. The Morgan fingerprint density at radius 2 is 0.778 bits per heavy atom. The zero-order valence-corrected chi connectivity index (χ0v) is 51.8. The fraction of sp³-hybridized carbons (Fsp3) is 0.797. The molecule has 1 aliphatic rings. The maximum Gasteiger partial charge on any atom is 0.335 e. The van der Waals surface area contributed by atoms with Gasteiger partial charge in [-0.2, -0.15) is 0 Å². The van der Waals surface area contributed by atoms with Crippen LogP contribution < -0.4 is 0 Å². The minimum Gasteiger partial charge on any atom is -0.479 e.